The fourth-order valence-corrected chi connectivity index (χ4v) is 2.64. The van der Waals surface area contributed by atoms with Gasteiger partial charge in [-0.25, -0.2) is 0 Å². The third-order valence-corrected chi connectivity index (χ3v) is 3.92. The number of hydrogen-bond donors (Lipinski definition) is 2. The van der Waals surface area contributed by atoms with Crippen molar-refractivity contribution in [2.75, 3.05) is 10.6 Å². The Morgan fingerprint density at radius 1 is 1.21 bits per heavy atom. The molecule has 4 heteroatoms. The van der Waals surface area contributed by atoms with Crippen molar-refractivity contribution in [1.82, 2.24) is 0 Å². The summed E-state index contributed by atoms with van der Waals surface area (Å²) < 4.78 is 0. The highest BCUT2D eigenvalue weighted by Crippen LogP contribution is 2.27. The van der Waals surface area contributed by atoms with Crippen molar-refractivity contribution in [2.45, 2.75) is 53.9 Å². The van der Waals surface area contributed by atoms with Crippen LogP contribution in [0.1, 0.15) is 53.9 Å². The lowest BCUT2D eigenvalue weighted by Crippen LogP contribution is -2.31. The van der Waals surface area contributed by atoms with Crippen molar-refractivity contribution in [2.24, 2.45) is 11.3 Å². The molecular weight excluding hydrogens is 300 g/mol. The minimum Gasteiger partial charge on any atom is -0.326 e. The zero-order valence-electron chi connectivity index (χ0n) is 15.5. The van der Waals surface area contributed by atoms with Gasteiger partial charge in [-0.15, -0.1) is 6.58 Å². The van der Waals surface area contributed by atoms with Gasteiger partial charge in [-0.1, -0.05) is 45.8 Å². The molecular formula is C20H30N2O2. The highest BCUT2D eigenvalue weighted by Gasteiger charge is 2.27. The van der Waals surface area contributed by atoms with Gasteiger partial charge in [-0.05, 0) is 38.0 Å². The first-order valence-corrected chi connectivity index (χ1v) is 8.52. The molecule has 0 spiro atoms. The molecule has 1 unspecified atom stereocenters. The molecule has 0 saturated heterocycles. The molecule has 1 aromatic carbocycles. The largest absolute Gasteiger partial charge is 0.326 e. The second kappa shape index (κ2) is 8.67. The maximum absolute atomic E-state index is 12.5. The molecule has 0 aliphatic rings. The van der Waals surface area contributed by atoms with Gasteiger partial charge in [0, 0.05) is 22.7 Å². The minimum atomic E-state index is -0.527. The van der Waals surface area contributed by atoms with Crippen LogP contribution < -0.4 is 10.6 Å². The zero-order chi connectivity index (χ0) is 18.3. The first kappa shape index (κ1) is 19.9. The second-order valence-electron chi connectivity index (χ2n) is 7.23. The molecule has 2 N–H and O–H groups in total. The van der Waals surface area contributed by atoms with Gasteiger partial charge in [0.2, 0.25) is 11.8 Å². The highest BCUT2D eigenvalue weighted by atomic mass is 16.2. The van der Waals surface area contributed by atoms with Crippen LogP contribution >= 0.6 is 0 Å². The third kappa shape index (κ3) is 6.19. The Kier molecular flexibility index (Phi) is 7.20. The van der Waals surface area contributed by atoms with Crippen molar-refractivity contribution in [3.63, 3.8) is 0 Å². The number of anilines is 2. The van der Waals surface area contributed by atoms with E-state index >= 15 is 0 Å². The number of rotatable bonds is 8. The Hall–Kier alpha value is -2.10. The molecule has 0 aliphatic heterocycles. The van der Waals surface area contributed by atoms with E-state index in [1.807, 2.05) is 45.9 Å². The van der Waals surface area contributed by atoms with E-state index in [9.17, 15) is 9.59 Å². The summed E-state index contributed by atoms with van der Waals surface area (Å²) in [6.45, 7) is 13.6. The van der Waals surface area contributed by atoms with Crippen LogP contribution in [0.5, 0.6) is 0 Å². The van der Waals surface area contributed by atoms with Crippen molar-refractivity contribution in [3.8, 4) is 0 Å². The number of benzene rings is 1. The fourth-order valence-electron chi connectivity index (χ4n) is 2.64. The summed E-state index contributed by atoms with van der Waals surface area (Å²) in [5.74, 6) is -0.0842. The van der Waals surface area contributed by atoms with Gasteiger partial charge in [0.1, 0.15) is 0 Å². The second-order valence-corrected chi connectivity index (χ2v) is 7.23. The molecule has 0 heterocycles. The molecule has 0 bridgehead atoms. The molecule has 0 saturated carbocycles. The maximum atomic E-state index is 12.5. The lowest BCUT2D eigenvalue weighted by atomic mass is 9.85. The molecule has 1 aromatic rings. The van der Waals surface area contributed by atoms with Crippen molar-refractivity contribution >= 4 is 23.2 Å². The number of nitrogens with one attached hydrogen (secondary N) is 2. The van der Waals surface area contributed by atoms with Gasteiger partial charge in [0.05, 0.1) is 0 Å². The number of carbonyl (C=O) groups is 2. The van der Waals surface area contributed by atoms with Gasteiger partial charge in [0.25, 0.3) is 0 Å². The van der Waals surface area contributed by atoms with Gasteiger partial charge in [-0.3, -0.25) is 9.59 Å². The van der Waals surface area contributed by atoms with E-state index < -0.39 is 5.41 Å². The summed E-state index contributed by atoms with van der Waals surface area (Å²) in [7, 11) is 0. The highest BCUT2D eigenvalue weighted by molar-refractivity contribution is 5.97. The standard InChI is InChI=1S/C20H30N2O2/c1-7-9-15(4)18(23)21-16-10-8-11-17(12-16)22-19(24)20(5,6)13-14(2)3/h8,10-12,15H,2,7,9,13H2,1,3-6H3,(H,21,23)(H,22,24). The number of amides is 2. The normalized spacial score (nSPS) is 12.4. The minimum absolute atomic E-state index is 0.00272. The molecule has 0 aliphatic carbocycles. The third-order valence-electron chi connectivity index (χ3n) is 3.92. The van der Waals surface area contributed by atoms with E-state index in [1.54, 1.807) is 6.07 Å². The molecule has 0 radical (unpaired) electrons. The van der Waals surface area contributed by atoms with Crippen LogP contribution in [0.2, 0.25) is 0 Å². The summed E-state index contributed by atoms with van der Waals surface area (Å²) in [6, 6.07) is 7.25. The average Bonchev–Trinajstić information content (AvgIpc) is 2.46. The number of allylic oxidation sites excluding steroid dienone is 1. The molecule has 24 heavy (non-hydrogen) atoms. The fraction of sp³-hybridized carbons (Fsp3) is 0.500. The van der Waals surface area contributed by atoms with Crippen LogP contribution in [0.4, 0.5) is 11.4 Å². The first-order chi connectivity index (χ1) is 11.2. The quantitative estimate of drug-likeness (QED) is 0.660. The Bertz CT molecular complexity index is 605. The Morgan fingerprint density at radius 3 is 2.33 bits per heavy atom. The number of carbonyl (C=O) groups excluding carboxylic acids is 2. The molecule has 0 fully saturated rings. The maximum Gasteiger partial charge on any atom is 0.230 e. The van der Waals surface area contributed by atoms with Gasteiger partial charge >= 0.3 is 0 Å². The first-order valence-electron chi connectivity index (χ1n) is 8.52. The van der Waals surface area contributed by atoms with E-state index in [2.05, 4.69) is 24.1 Å². The van der Waals surface area contributed by atoms with Crippen molar-refractivity contribution in [3.05, 3.63) is 36.4 Å². The van der Waals surface area contributed by atoms with Gasteiger partial charge in [0.15, 0.2) is 0 Å². The molecule has 1 rings (SSSR count). The van der Waals surface area contributed by atoms with Gasteiger partial charge in [-0.2, -0.15) is 0 Å². The van der Waals surface area contributed by atoms with E-state index in [4.69, 9.17) is 0 Å². The van der Waals surface area contributed by atoms with Crippen LogP contribution in [0.25, 0.3) is 0 Å². The van der Waals surface area contributed by atoms with Crippen LogP contribution in [-0.2, 0) is 9.59 Å². The lowest BCUT2D eigenvalue weighted by Gasteiger charge is -2.24. The van der Waals surface area contributed by atoms with E-state index in [0.717, 1.165) is 18.4 Å². The number of hydrogen-bond acceptors (Lipinski definition) is 2. The van der Waals surface area contributed by atoms with Crippen LogP contribution in [-0.4, -0.2) is 11.8 Å². The summed E-state index contributed by atoms with van der Waals surface area (Å²) in [5.41, 5.74) is 1.82. The van der Waals surface area contributed by atoms with E-state index in [0.29, 0.717) is 17.8 Å². The molecule has 4 nitrogen and oxygen atoms in total. The van der Waals surface area contributed by atoms with E-state index in [-0.39, 0.29) is 17.7 Å². The predicted molar refractivity (Wildman–Crippen MR) is 101 cm³/mol. The smallest absolute Gasteiger partial charge is 0.230 e. The zero-order valence-corrected chi connectivity index (χ0v) is 15.5. The van der Waals surface area contributed by atoms with Crippen LogP contribution in [0, 0.1) is 11.3 Å². The average molecular weight is 330 g/mol. The SMILES string of the molecule is C=C(C)CC(C)(C)C(=O)Nc1cccc(NC(=O)C(C)CCC)c1. The van der Waals surface area contributed by atoms with Gasteiger partial charge < -0.3 is 10.6 Å². The molecule has 1 atom stereocenters. The Balaban J connectivity index is 2.77. The molecule has 132 valence electrons. The van der Waals surface area contributed by atoms with Crippen LogP contribution in [0.15, 0.2) is 36.4 Å². The van der Waals surface area contributed by atoms with Crippen molar-refractivity contribution < 1.29 is 9.59 Å². The summed E-state index contributed by atoms with van der Waals surface area (Å²) in [5, 5.41) is 5.83. The Labute approximate surface area is 145 Å². The predicted octanol–water partition coefficient (Wildman–Crippen LogP) is 4.99. The molecule has 0 aromatic heterocycles. The monoisotopic (exact) mass is 330 g/mol. The van der Waals surface area contributed by atoms with Crippen molar-refractivity contribution in [1.29, 1.82) is 0 Å². The Morgan fingerprint density at radius 2 is 1.79 bits per heavy atom. The van der Waals surface area contributed by atoms with E-state index in [1.165, 1.54) is 0 Å². The van der Waals surface area contributed by atoms with Crippen LogP contribution in [0.3, 0.4) is 0 Å². The summed E-state index contributed by atoms with van der Waals surface area (Å²) >= 11 is 0. The topological polar surface area (TPSA) is 58.2 Å². The summed E-state index contributed by atoms with van der Waals surface area (Å²) in [6.07, 6.45) is 2.46. The lowest BCUT2D eigenvalue weighted by molar-refractivity contribution is -0.124. The summed E-state index contributed by atoms with van der Waals surface area (Å²) in [4.78, 5) is 24.6. The molecule has 2 amide bonds.